The topological polar surface area (TPSA) is 327 Å². The lowest BCUT2D eigenvalue weighted by atomic mass is 10.1. The summed E-state index contributed by atoms with van der Waals surface area (Å²) in [5, 5.41) is 4.60. The molecule has 0 bridgehead atoms. The Morgan fingerprint density at radius 3 is 1.41 bits per heavy atom. The van der Waals surface area contributed by atoms with Gasteiger partial charge in [0.25, 0.3) is 51.6 Å². The zero-order chi connectivity index (χ0) is 38.4. The Labute approximate surface area is 286 Å². The van der Waals surface area contributed by atoms with Crippen LogP contribution in [0.5, 0.6) is 0 Å². The lowest BCUT2D eigenvalue weighted by Gasteiger charge is -2.09. The number of aromatic nitrogens is 4. The van der Waals surface area contributed by atoms with Gasteiger partial charge < -0.3 is 0 Å². The lowest BCUT2D eigenvalue weighted by molar-refractivity contribution is 0.0999. The molecule has 0 radical (unpaired) electrons. The van der Waals surface area contributed by atoms with Crippen molar-refractivity contribution in [3.63, 3.8) is 0 Å². The van der Waals surface area contributed by atoms with Crippen molar-refractivity contribution < 1.29 is 61.5 Å². The van der Waals surface area contributed by atoms with Crippen LogP contribution in [0.15, 0.2) is 83.5 Å². The number of benzene rings is 2. The summed E-state index contributed by atoms with van der Waals surface area (Å²) in [6, 6.07) is 3.55. The van der Waals surface area contributed by atoms with Gasteiger partial charge in [0, 0.05) is 13.8 Å². The second kappa shape index (κ2) is 13.4. The summed E-state index contributed by atoms with van der Waals surface area (Å²) in [6.45, 7) is 2.02. The molecular weight excluding hydrogens is 765 g/mol. The van der Waals surface area contributed by atoms with E-state index in [0.717, 1.165) is 38.2 Å². The highest BCUT2D eigenvalue weighted by Gasteiger charge is 2.26. The van der Waals surface area contributed by atoms with Crippen LogP contribution in [0, 0.1) is 0 Å². The van der Waals surface area contributed by atoms with E-state index in [1.54, 1.807) is 0 Å². The second-order valence-corrected chi connectivity index (χ2v) is 15.8. The van der Waals surface area contributed by atoms with Crippen LogP contribution in [0.25, 0.3) is 23.5 Å². The highest BCUT2D eigenvalue weighted by Crippen LogP contribution is 2.25. The van der Waals surface area contributed by atoms with Gasteiger partial charge in [0.2, 0.25) is 0 Å². The number of hydrogen-bond donors (Lipinski definition) is 6. The van der Waals surface area contributed by atoms with E-state index in [4.69, 9.17) is 0 Å². The SMILES string of the molecule is CC(=O)c1[nH]n(-c2cc(S(=O)(=O)O)ccc2S(=O)(=O)O)c(=O)c1C=C=CC=Cc1c(C(C)=O)[nH]n(-c2cc(S(=O)(=O)O)ccc2S(=O)(=O)O)c1=O. The van der Waals surface area contributed by atoms with Crippen LogP contribution < -0.4 is 11.1 Å². The van der Waals surface area contributed by atoms with Gasteiger partial charge >= 0.3 is 0 Å². The molecular formula is C27H22N4O16S4. The van der Waals surface area contributed by atoms with E-state index in [1.807, 2.05) is 0 Å². The van der Waals surface area contributed by atoms with Crippen molar-refractivity contribution in [2.24, 2.45) is 0 Å². The van der Waals surface area contributed by atoms with Gasteiger partial charge in [-0.2, -0.15) is 33.7 Å². The summed E-state index contributed by atoms with van der Waals surface area (Å²) in [5.74, 6) is -1.55. The first-order valence-corrected chi connectivity index (χ1v) is 19.1. The van der Waals surface area contributed by atoms with Crippen molar-refractivity contribution in [1.82, 2.24) is 19.6 Å². The number of carbonyl (C=O) groups excluding carboxylic acids is 2. The molecule has 20 nitrogen and oxygen atoms in total. The predicted octanol–water partition coefficient (Wildman–Crippen LogP) is 0.918. The van der Waals surface area contributed by atoms with Gasteiger partial charge in [-0.1, -0.05) is 6.08 Å². The first kappa shape index (κ1) is 38.5. The minimum Gasteiger partial charge on any atom is -0.293 e. The molecule has 24 heteroatoms. The molecule has 0 aliphatic rings. The van der Waals surface area contributed by atoms with Gasteiger partial charge in [-0.25, -0.2) is 9.36 Å². The van der Waals surface area contributed by atoms with Crippen molar-refractivity contribution in [2.75, 3.05) is 0 Å². The van der Waals surface area contributed by atoms with Crippen molar-refractivity contribution in [3.05, 3.63) is 97.5 Å². The highest BCUT2D eigenvalue weighted by atomic mass is 32.2. The van der Waals surface area contributed by atoms with Gasteiger partial charge in [-0.3, -0.25) is 47.6 Å². The predicted molar refractivity (Wildman–Crippen MR) is 174 cm³/mol. The minimum atomic E-state index is -5.10. The molecule has 0 saturated heterocycles. The molecule has 4 aromatic rings. The Kier molecular flexibility index (Phi) is 10.1. The Hall–Kier alpha value is -5.30. The Morgan fingerprint density at radius 2 is 1.04 bits per heavy atom. The molecule has 0 aliphatic heterocycles. The van der Waals surface area contributed by atoms with Crippen molar-refractivity contribution in [1.29, 1.82) is 0 Å². The quantitative estimate of drug-likeness (QED) is 0.0533. The van der Waals surface area contributed by atoms with E-state index in [0.29, 0.717) is 45.8 Å². The molecule has 2 heterocycles. The van der Waals surface area contributed by atoms with Crippen molar-refractivity contribution in [3.8, 4) is 11.4 Å². The van der Waals surface area contributed by atoms with Crippen molar-refractivity contribution >= 4 is 64.2 Å². The maximum absolute atomic E-state index is 13.3. The summed E-state index contributed by atoms with van der Waals surface area (Å²) in [6.07, 6.45) is 4.05. The highest BCUT2D eigenvalue weighted by molar-refractivity contribution is 7.86. The molecule has 0 unspecified atom stereocenters. The molecule has 2 aromatic heterocycles. The minimum absolute atomic E-state index is 0.414. The number of Topliss-reactive ketones (excluding diaryl/α,β-unsaturated/α-hetero) is 2. The third kappa shape index (κ3) is 8.04. The number of allylic oxidation sites excluding steroid dienone is 2. The van der Waals surface area contributed by atoms with E-state index in [-0.39, 0.29) is 0 Å². The van der Waals surface area contributed by atoms with Crippen LogP contribution in [-0.2, 0) is 40.5 Å². The standard InChI is InChI=1S/C27H22N4O16S4/c1-14(32)24-18(26(34)30(28-24)20-12-16(48(36,37)38)8-10-22(20)50(42,43)44)6-4-3-5-7-19-25(15(2)33)29-31(27(19)35)21-13-17(49(39,40)41)9-11-23(21)51(45,46)47/h3-4,6-13,28-29H,1-2H3,(H,36,37,38)(H,39,40,41)(H,42,43,44)(H,45,46,47). The smallest absolute Gasteiger partial charge is 0.293 e. The maximum Gasteiger partial charge on any atom is 0.296 e. The van der Waals surface area contributed by atoms with Gasteiger partial charge in [0.1, 0.15) is 21.2 Å². The van der Waals surface area contributed by atoms with Crippen LogP contribution in [0.2, 0.25) is 0 Å². The Balaban J connectivity index is 1.85. The number of hydrogen-bond acceptors (Lipinski definition) is 12. The molecule has 6 N–H and O–H groups in total. The average Bonchev–Trinajstić information content (AvgIpc) is 3.51. The van der Waals surface area contributed by atoms with E-state index in [1.165, 1.54) is 0 Å². The van der Waals surface area contributed by atoms with E-state index in [2.05, 4.69) is 15.9 Å². The molecule has 51 heavy (non-hydrogen) atoms. The fraction of sp³-hybridized carbons (Fsp3) is 0.0741. The zero-order valence-corrected chi connectivity index (χ0v) is 28.8. The number of ketones is 2. The fourth-order valence-electron chi connectivity index (χ4n) is 4.50. The maximum atomic E-state index is 13.3. The number of nitrogens with zero attached hydrogens (tertiary/aromatic N) is 2. The van der Waals surface area contributed by atoms with Crippen molar-refractivity contribution in [2.45, 2.75) is 33.4 Å². The van der Waals surface area contributed by atoms with Crippen LogP contribution >= 0.6 is 0 Å². The number of H-pyrrole nitrogens is 2. The molecule has 0 spiro atoms. The number of aromatic amines is 2. The Bertz CT molecular complexity index is 2830. The zero-order valence-electron chi connectivity index (χ0n) is 25.5. The Morgan fingerprint density at radius 1 is 0.647 bits per heavy atom. The fourth-order valence-corrected chi connectivity index (χ4v) is 6.81. The van der Waals surface area contributed by atoms with E-state index < -0.39 is 117 Å². The molecule has 0 aliphatic carbocycles. The van der Waals surface area contributed by atoms with Crippen LogP contribution in [0.1, 0.15) is 46.0 Å². The first-order valence-electron chi connectivity index (χ1n) is 13.3. The molecule has 0 fully saturated rings. The van der Waals surface area contributed by atoms with Crippen LogP contribution in [0.4, 0.5) is 0 Å². The third-order valence-electron chi connectivity index (χ3n) is 6.73. The van der Waals surface area contributed by atoms with Gasteiger partial charge in [-0.15, -0.1) is 5.73 Å². The van der Waals surface area contributed by atoms with Crippen LogP contribution in [0.3, 0.4) is 0 Å². The van der Waals surface area contributed by atoms with Gasteiger partial charge in [-0.05, 0) is 54.6 Å². The molecule has 0 amide bonds. The molecule has 4 rings (SSSR count). The molecule has 2 aromatic carbocycles. The summed E-state index contributed by atoms with van der Waals surface area (Å²) >= 11 is 0. The third-order valence-corrected chi connectivity index (χ3v) is 10.2. The molecule has 0 saturated carbocycles. The second-order valence-electron chi connectivity index (χ2n) is 10.2. The summed E-state index contributed by atoms with van der Waals surface area (Å²) in [4.78, 5) is 47.6. The monoisotopic (exact) mass is 786 g/mol. The van der Waals surface area contributed by atoms with Crippen LogP contribution in [-0.4, -0.2) is 83.0 Å². The molecule has 0 atom stereocenters. The normalized spacial score (nSPS) is 12.5. The largest absolute Gasteiger partial charge is 0.296 e. The lowest BCUT2D eigenvalue weighted by Crippen LogP contribution is -2.19. The summed E-state index contributed by atoms with van der Waals surface area (Å²) in [5.41, 5.74) is -3.15. The van der Waals surface area contributed by atoms with E-state index >= 15 is 0 Å². The van der Waals surface area contributed by atoms with Gasteiger partial charge in [0.15, 0.2) is 11.6 Å². The summed E-state index contributed by atoms with van der Waals surface area (Å²) in [7, 11) is -20.1. The first-order chi connectivity index (χ1) is 23.3. The number of nitrogens with one attached hydrogen (secondary N) is 2. The van der Waals surface area contributed by atoms with E-state index in [9.17, 15) is 71.1 Å². The van der Waals surface area contributed by atoms with Gasteiger partial charge in [0.05, 0.1) is 32.3 Å². The number of carbonyl (C=O) groups is 2. The average molecular weight is 787 g/mol. The summed E-state index contributed by atoms with van der Waals surface area (Å²) < 4.78 is 133. The molecule has 270 valence electrons. The number of rotatable bonds is 11.